The van der Waals surface area contributed by atoms with Gasteiger partial charge in [-0.1, -0.05) is 37.6 Å². The molecule has 0 N–H and O–H groups in total. The van der Waals surface area contributed by atoms with E-state index >= 15 is 0 Å². The number of methoxy groups -OCH3 is 3. The van der Waals surface area contributed by atoms with Gasteiger partial charge in [-0.2, -0.15) is 0 Å². The average Bonchev–Trinajstić information content (AvgIpc) is 2.97. The van der Waals surface area contributed by atoms with Crippen LogP contribution in [0.15, 0.2) is 24.3 Å². The first-order chi connectivity index (χ1) is 11.3. The summed E-state index contributed by atoms with van der Waals surface area (Å²) in [7, 11) is 5.09. The van der Waals surface area contributed by atoms with Crippen molar-refractivity contribution in [3.05, 3.63) is 41.0 Å². The Hall–Kier alpha value is -2.16. The van der Waals surface area contributed by atoms with Crippen LogP contribution in [-0.2, 0) is 12.8 Å². The maximum Gasteiger partial charge on any atom is 0.203 e. The number of hydrogen-bond acceptors (Lipinski definition) is 3. The molecule has 3 heteroatoms. The molecule has 122 valence electrons. The van der Waals surface area contributed by atoms with Crippen LogP contribution in [0.4, 0.5) is 0 Å². The van der Waals surface area contributed by atoms with Crippen molar-refractivity contribution in [2.24, 2.45) is 0 Å². The minimum absolute atomic E-state index is 0.715. The highest BCUT2D eigenvalue weighted by atomic mass is 16.5. The second kappa shape index (κ2) is 6.53. The molecule has 0 heterocycles. The van der Waals surface area contributed by atoms with Gasteiger partial charge in [0, 0.05) is 17.5 Å². The van der Waals surface area contributed by atoms with E-state index < -0.39 is 0 Å². The van der Waals surface area contributed by atoms with Crippen LogP contribution in [0.3, 0.4) is 0 Å². The van der Waals surface area contributed by atoms with Crippen LogP contribution in [0.2, 0.25) is 0 Å². The third-order valence-electron chi connectivity index (χ3n) is 4.61. The van der Waals surface area contributed by atoms with Crippen molar-refractivity contribution >= 4 is 0 Å². The van der Waals surface area contributed by atoms with Gasteiger partial charge < -0.3 is 14.2 Å². The van der Waals surface area contributed by atoms with Gasteiger partial charge in [-0.05, 0) is 29.5 Å². The Labute approximate surface area is 138 Å². The van der Waals surface area contributed by atoms with Gasteiger partial charge >= 0.3 is 0 Å². The summed E-state index contributed by atoms with van der Waals surface area (Å²) in [4.78, 5) is 0. The van der Waals surface area contributed by atoms with Gasteiger partial charge in [-0.3, -0.25) is 0 Å². The van der Waals surface area contributed by atoms with E-state index in [1.54, 1.807) is 21.3 Å². The highest BCUT2D eigenvalue weighted by Crippen LogP contribution is 2.53. The second-order valence-corrected chi connectivity index (χ2v) is 5.87. The maximum atomic E-state index is 5.74. The zero-order chi connectivity index (χ0) is 16.4. The zero-order valence-corrected chi connectivity index (χ0v) is 14.4. The lowest BCUT2D eigenvalue weighted by atomic mass is 9.93. The van der Waals surface area contributed by atoms with Crippen LogP contribution < -0.4 is 14.2 Å². The Morgan fingerprint density at radius 1 is 0.913 bits per heavy atom. The molecule has 3 nitrogen and oxygen atoms in total. The van der Waals surface area contributed by atoms with Crippen molar-refractivity contribution in [3.63, 3.8) is 0 Å². The molecule has 0 amide bonds. The van der Waals surface area contributed by atoms with E-state index in [-0.39, 0.29) is 0 Å². The first kappa shape index (κ1) is 15.7. The molecular formula is C20H24O3. The van der Waals surface area contributed by atoms with E-state index in [1.165, 1.54) is 27.8 Å². The summed E-state index contributed by atoms with van der Waals surface area (Å²) in [5.41, 5.74) is 6.38. The summed E-state index contributed by atoms with van der Waals surface area (Å²) in [6, 6.07) is 8.58. The monoisotopic (exact) mass is 312 g/mol. The molecule has 2 aromatic rings. The molecule has 0 saturated carbocycles. The molecule has 0 radical (unpaired) electrons. The summed E-state index contributed by atoms with van der Waals surface area (Å²) < 4.78 is 17.1. The van der Waals surface area contributed by atoms with Crippen LogP contribution in [-0.4, -0.2) is 21.3 Å². The van der Waals surface area contributed by atoms with E-state index in [0.717, 1.165) is 37.2 Å². The van der Waals surface area contributed by atoms with Gasteiger partial charge in [0.2, 0.25) is 5.75 Å². The van der Waals surface area contributed by atoms with Crippen LogP contribution in [0.25, 0.3) is 11.1 Å². The van der Waals surface area contributed by atoms with Crippen molar-refractivity contribution < 1.29 is 14.2 Å². The molecule has 0 atom stereocenters. The topological polar surface area (TPSA) is 27.7 Å². The van der Waals surface area contributed by atoms with Crippen molar-refractivity contribution in [1.82, 2.24) is 0 Å². The number of fused-ring (bicyclic) bond motifs is 3. The lowest BCUT2D eigenvalue weighted by Crippen LogP contribution is -2.04. The van der Waals surface area contributed by atoms with Gasteiger partial charge in [0.05, 0.1) is 21.3 Å². The fourth-order valence-electron chi connectivity index (χ4n) is 3.60. The number of ether oxygens (including phenoxy) is 3. The third-order valence-corrected chi connectivity index (χ3v) is 4.61. The molecule has 1 aliphatic carbocycles. The van der Waals surface area contributed by atoms with E-state index in [9.17, 15) is 0 Å². The molecule has 2 aromatic carbocycles. The summed E-state index contributed by atoms with van der Waals surface area (Å²) in [6.07, 6.45) is 4.14. The Balaban J connectivity index is 2.32. The smallest absolute Gasteiger partial charge is 0.203 e. The largest absolute Gasteiger partial charge is 0.492 e. The minimum atomic E-state index is 0.715. The molecule has 0 spiro atoms. The van der Waals surface area contributed by atoms with Crippen molar-refractivity contribution in [3.8, 4) is 28.4 Å². The van der Waals surface area contributed by atoms with Crippen molar-refractivity contribution in [2.45, 2.75) is 32.6 Å². The molecule has 0 bridgehead atoms. The quantitative estimate of drug-likeness (QED) is 0.664. The SMILES string of the molecule is CCCCc1c(OC)c(OC)c(OC)c2c1-c1ccccc1C2. The van der Waals surface area contributed by atoms with Crippen molar-refractivity contribution in [2.75, 3.05) is 21.3 Å². The fraction of sp³-hybridized carbons (Fsp3) is 0.400. The molecule has 0 unspecified atom stereocenters. The Morgan fingerprint density at radius 2 is 1.61 bits per heavy atom. The summed E-state index contributed by atoms with van der Waals surface area (Å²) in [5, 5.41) is 0. The van der Waals surface area contributed by atoms with Crippen LogP contribution in [0, 0.1) is 0 Å². The van der Waals surface area contributed by atoms with Crippen LogP contribution in [0.1, 0.15) is 36.5 Å². The van der Waals surface area contributed by atoms with E-state index in [2.05, 4.69) is 31.2 Å². The normalized spacial score (nSPS) is 11.8. The van der Waals surface area contributed by atoms with Crippen LogP contribution >= 0.6 is 0 Å². The summed E-state index contributed by atoms with van der Waals surface area (Å²) >= 11 is 0. The highest BCUT2D eigenvalue weighted by Gasteiger charge is 2.31. The van der Waals surface area contributed by atoms with E-state index in [4.69, 9.17) is 14.2 Å². The van der Waals surface area contributed by atoms with Crippen LogP contribution in [0.5, 0.6) is 17.2 Å². The number of hydrogen-bond donors (Lipinski definition) is 0. The lowest BCUT2D eigenvalue weighted by Gasteiger charge is -2.21. The summed E-state index contributed by atoms with van der Waals surface area (Å²) in [6.45, 7) is 2.21. The Kier molecular flexibility index (Phi) is 4.46. The fourth-order valence-corrected chi connectivity index (χ4v) is 3.60. The van der Waals surface area contributed by atoms with Gasteiger partial charge in [0.15, 0.2) is 11.5 Å². The molecular weight excluding hydrogens is 288 g/mol. The number of unbranched alkanes of at least 4 members (excludes halogenated alkanes) is 1. The Bertz CT molecular complexity index is 719. The third kappa shape index (κ3) is 2.44. The van der Waals surface area contributed by atoms with Gasteiger partial charge in [-0.25, -0.2) is 0 Å². The molecule has 23 heavy (non-hydrogen) atoms. The molecule has 0 aliphatic heterocycles. The zero-order valence-electron chi connectivity index (χ0n) is 14.4. The second-order valence-electron chi connectivity index (χ2n) is 5.87. The van der Waals surface area contributed by atoms with E-state index in [0.29, 0.717) is 5.75 Å². The number of benzene rings is 2. The van der Waals surface area contributed by atoms with E-state index in [1.807, 2.05) is 0 Å². The Morgan fingerprint density at radius 3 is 2.26 bits per heavy atom. The predicted molar refractivity (Wildman–Crippen MR) is 93.0 cm³/mol. The lowest BCUT2D eigenvalue weighted by molar-refractivity contribution is 0.320. The predicted octanol–water partition coefficient (Wildman–Crippen LogP) is 4.63. The average molecular weight is 312 g/mol. The molecule has 0 saturated heterocycles. The molecule has 0 aromatic heterocycles. The minimum Gasteiger partial charge on any atom is -0.492 e. The first-order valence-corrected chi connectivity index (χ1v) is 8.18. The van der Waals surface area contributed by atoms with Gasteiger partial charge in [0.25, 0.3) is 0 Å². The molecule has 3 rings (SSSR count). The first-order valence-electron chi connectivity index (χ1n) is 8.18. The summed E-state index contributed by atoms with van der Waals surface area (Å²) in [5.74, 6) is 2.33. The maximum absolute atomic E-state index is 5.74. The number of rotatable bonds is 6. The highest BCUT2D eigenvalue weighted by molar-refractivity contribution is 5.86. The van der Waals surface area contributed by atoms with Gasteiger partial charge in [0.1, 0.15) is 0 Å². The standard InChI is InChI=1S/C20H24O3/c1-5-6-10-15-17-14-11-8-7-9-13(14)12-16(17)19(22-3)20(23-4)18(15)21-2/h7-9,11H,5-6,10,12H2,1-4H3. The molecule has 1 aliphatic rings. The molecule has 0 fully saturated rings. The van der Waals surface area contributed by atoms with Gasteiger partial charge in [-0.15, -0.1) is 0 Å². The van der Waals surface area contributed by atoms with Crippen molar-refractivity contribution in [1.29, 1.82) is 0 Å².